The molecule has 7 nitrogen and oxygen atoms in total. The number of para-hydroxylation sites is 1. The molecule has 1 aliphatic heterocycles. The molecule has 0 spiro atoms. The second kappa shape index (κ2) is 8.63. The zero-order valence-corrected chi connectivity index (χ0v) is 18.5. The molecular formula is C23H30FN6O+. The Kier molecular flexibility index (Phi) is 5.91. The fourth-order valence-electron chi connectivity index (χ4n) is 4.29. The highest BCUT2D eigenvalue weighted by atomic mass is 19.1. The molecule has 0 amide bonds. The van der Waals surface area contributed by atoms with Gasteiger partial charge in [0.2, 0.25) is 5.82 Å². The van der Waals surface area contributed by atoms with E-state index < -0.39 is 0 Å². The van der Waals surface area contributed by atoms with Crippen LogP contribution in [0.4, 0.5) is 10.1 Å². The Balaban J connectivity index is 1.66. The molecule has 0 radical (unpaired) electrons. The van der Waals surface area contributed by atoms with Gasteiger partial charge in [-0.2, -0.15) is 0 Å². The van der Waals surface area contributed by atoms with E-state index in [1.165, 1.54) is 17.0 Å². The average Bonchev–Trinajstić information content (AvgIpc) is 3.26. The van der Waals surface area contributed by atoms with Gasteiger partial charge in [-0.15, -0.1) is 5.10 Å². The van der Waals surface area contributed by atoms with Gasteiger partial charge in [-0.3, -0.25) is 0 Å². The van der Waals surface area contributed by atoms with E-state index in [1.807, 2.05) is 35.0 Å². The van der Waals surface area contributed by atoms with Crippen molar-refractivity contribution in [2.75, 3.05) is 38.2 Å². The molecule has 1 fully saturated rings. The van der Waals surface area contributed by atoms with Gasteiger partial charge in [-0.25, -0.2) is 9.07 Å². The summed E-state index contributed by atoms with van der Waals surface area (Å²) in [5.41, 5.74) is 1.89. The monoisotopic (exact) mass is 425 g/mol. The first-order valence-electron chi connectivity index (χ1n) is 10.7. The summed E-state index contributed by atoms with van der Waals surface area (Å²) >= 11 is 0. The van der Waals surface area contributed by atoms with Gasteiger partial charge in [0, 0.05) is 5.69 Å². The van der Waals surface area contributed by atoms with Crippen molar-refractivity contribution in [3.05, 3.63) is 65.7 Å². The van der Waals surface area contributed by atoms with Gasteiger partial charge in [0.25, 0.3) is 0 Å². The van der Waals surface area contributed by atoms with Crippen molar-refractivity contribution in [1.82, 2.24) is 20.2 Å². The third-order valence-corrected chi connectivity index (χ3v) is 5.84. The summed E-state index contributed by atoms with van der Waals surface area (Å²) in [5, 5.41) is 12.8. The number of nitrogens with zero attached hydrogens (tertiary/aromatic N) is 5. The number of benzene rings is 2. The van der Waals surface area contributed by atoms with Gasteiger partial charge in [-0.05, 0) is 67.6 Å². The van der Waals surface area contributed by atoms with Crippen molar-refractivity contribution < 1.29 is 14.0 Å². The van der Waals surface area contributed by atoms with Gasteiger partial charge < -0.3 is 14.5 Å². The Morgan fingerprint density at radius 2 is 1.71 bits per heavy atom. The lowest BCUT2D eigenvalue weighted by Crippen LogP contribution is -3.15. The van der Waals surface area contributed by atoms with Crippen LogP contribution in [0.15, 0.2) is 48.5 Å². The van der Waals surface area contributed by atoms with E-state index in [-0.39, 0.29) is 17.4 Å². The number of tetrazole rings is 1. The fourth-order valence-corrected chi connectivity index (χ4v) is 4.29. The van der Waals surface area contributed by atoms with E-state index in [1.54, 1.807) is 7.11 Å². The number of methoxy groups -OCH3 is 1. The third-order valence-electron chi connectivity index (χ3n) is 5.84. The number of nitrogens with one attached hydrogen (secondary N) is 1. The average molecular weight is 426 g/mol. The second-order valence-corrected chi connectivity index (χ2v) is 8.92. The summed E-state index contributed by atoms with van der Waals surface area (Å²) < 4.78 is 20.9. The number of halogens is 1. The number of hydrogen-bond acceptors (Lipinski definition) is 5. The van der Waals surface area contributed by atoms with E-state index in [0.717, 1.165) is 49.0 Å². The smallest absolute Gasteiger partial charge is 0.214 e. The molecule has 0 bridgehead atoms. The van der Waals surface area contributed by atoms with Crippen LogP contribution in [0, 0.1) is 5.82 Å². The molecule has 2 aromatic carbocycles. The highest BCUT2D eigenvalue weighted by Gasteiger charge is 2.37. The zero-order chi connectivity index (χ0) is 22.0. The van der Waals surface area contributed by atoms with Gasteiger partial charge in [-0.1, -0.05) is 12.1 Å². The maximum absolute atomic E-state index is 13.3. The van der Waals surface area contributed by atoms with E-state index in [2.05, 4.69) is 47.3 Å². The number of rotatable bonds is 5. The first kappa shape index (κ1) is 21.2. The number of quaternary nitrogens is 1. The molecule has 4 rings (SSSR count). The van der Waals surface area contributed by atoms with E-state index in [0.29, 0.717) is 0 Å². The molecule has 0 unspecified atom stereocenters. The summed E-state index contributed by atoms with van der Waals surface area (Å²) in [6.07, 6.45) is 0. The molecular weight excluding hydrogens is 395 g/mol. The molecule has 0 saturated carbocycles. The Bertz CT molecular complexity index is 1010. The third kappa shape index (κ3) is 4.39. The first-order chi connectivity index (χ1) is 14.9. The number of hydrogen-bond donors (Lipinski definition) is 1. The standard InChI is InChI=1S/C23H29FN6O/c1-23(2,3)30-22(25-26-27-30)21(19-7-5-6-8-20(19)31-4)29-15-13-28(14-16-29)18-11-9-17(24)10-12-18/h5-12,21H,13-16H2,1-4H3/p+1/t21-/m1/s1. The first-order valence-corrected chi connectivity index (χ1v) is 10.7. The quantitative estimate of drug-likeness (QED) is 0.678. The minimum absolute atomic E-state index is 0.0549. The number of ether oxygens (including phenoxy) is 1. The summed E-state index contributed by atoms with van der Waals surface area (Å²) in [5.74, 6) is 1.46. The maximum Gasteiger partial charge on any atom is 0.214 e. The van der Waals surface area contributed by atoms with Crippen molar-refractivity contribution in [3.63, 3.8) is 0 Å². The largest absolute Gasteiger partial charge is 0.496 e. The SMILES string of the molecule is COc1ccccc1[C@H](c1nnnn1C(C)(C)C)[NH+]1CCN(c2ccc(F)cc2)CC1. The summed E-state index contributed by atoms with van der Waals surface area (Å²) in [4.78, 5) is 3.68. The zero-order valence-electron chi connectivity index (χ0n) is 18.5. The molecule has 8 heteroatoms. The molecule has 164 valence electrons. The molecule has 1 aromatic heterocycles. The van der Waals surface area contributed by atoms with Gasteiger partial charge in [0.15, 0.2) is 6.04 Å². The molecule has 1 aliphatic rings. The predicted octanol–water partition coefficient (Wildman–Crippen LogP) is 2.07. The van der Waals surface area contributed by atoms with Gasteiger partial charge in [0.05, 0.1) is 44.4 Å². The lowest BCUT2D eigenvalue weighted by molar-refractivity contribution is -0.927. The van der Waals surface area contributed by atoms with Crippen LogP contribution in [0.2, 0.25) is 0 Å². The van der Waals surface area contributed by atoms with Crippen LogP contribution in [0.25, 0.3) is 0 Å². The minimum Gasteiger partial charge on any atom is -0.496 e. The van der Waals surface area contributed by atoms with Gasteiger partial charge >= 0.3 is 0 Å². The molecule has 2 heterocycles. The van der Waals surface area contributed by atoms with E-state index in [4.69, 9.17) is 4.74 Å². The normalized spacial score (nSPS) is 16.4. The lowest BCUT2D eigenvalue weighted by atomic mass is 10.0. The Morgan fingerprint density at radius 1 is 1.03 bits per heavy atom. The highest BCUT2D eigenvalue weighted by Crippen LogP contribution is 2.29. The minimum atomic E-state index is -0.242. The van der Waals surface area contributed by atoms with Gasteiger partial charge in [0.1, 0.15) is 11.6 Å². The van der Waals surface area contributed by atoms with Crippen LogP contribution in [0.1, 0.15) is 38.2 Å². The number of piperazine rings is 1. The van der Waals surface area contributed by atoms with Crippen molar-refractivity contribution >= 4 is 5.69 Å². The molecule has 31 heavy (non-hydrogen) atoms. The van der Waals surface area contributed by atoms with Crippen LogP contribution in [0.3, 0.4) is 0 Å². The maximum atomic E-state index is 13.3. The summed E-state index contributed by atoms with van der Waals surface area (Å²) in [6, 6.07) is 14.8. The second-order valence-electron chi connectivity index (χ2n) is 8.92. The van der Waals surface area contributed by atoms with E-state index >= 15 is 0 Å². The van der Waals surface area contributed by atoms with Crippen LogP contribution >= 0.6 is 0 Å². The Hall–Kier alpha value is -3.00. The van der Waals surface area contributed by atoms with Crippen LogP contribution in [-0.2, 0) is 5.54 Å². The summed E-state index contributed by atoms with van der Waals surface area (Å²) in [7, 11) is 1.70. The van der Waals surface area contributed by atoms with Crippen LogP contribution < -0.4 is 14.5 Å². The van der Waals surface area contributed by atoms with E-state index in [9.17, 15) is 4.39 Å². The number of anilines is 1. The van der Waals surface area contributed by atoms with Crippen LogP contribution in [-0.4, -0.2) is 53.5 Å². The highest BCUT2D eigenvalue weighted by molar-refractivity contribution is 5.46. The van der Waals surface area contributed by atoms with Crippen molar-refractivity contribution in [1.29, 1.82) is 0 Å². The van der Waals surface area contributed by atoms with Crippen molar-refractivity contribution in [2.45, 2.75) is 32.4 Å². The summed E-state index contributed by atoms with van der Waals surface area (Å²) in [6.45, 7) is 9.84. The number of aromatic nitrogens is 4. The van der Waals surface area contributed by atoms with Crippen LogP contribution in [0.5, 0.6) is 5.75 Å². The fraction of sp³-hybridized carbons (Fsp3) is 0.435. The topological polar surface area (TPSA) is 60.5 Å². The van der Waals surface area contributed by atoms with Crippen molar-refractivity contribution in [2.24, 2.45) is 0 Å². The van der Waals surface area contributed by atoms with Crippen molar-refractivity contribution in [3.8, 4) is 5.75 Å². The molecule has 1 saturated heterocycles. The Labute approximate surface area is 182 Å². The molecule has 0 aliphatic carbocycles. The lowest BCUT2D eigenvalue weighted by Gasteiger charge is -2.38. The predicted molar refractivity (Wildman–Crippen MR) is 117 cm³/mol. The molecule has 1 N–H and O–H groups in total. The molecule has 3 aromatic rings. The molecule has 1 atom stereocenters. The Morgan fingerprint density at radius 3 is 2.35 bits per heavy atom.